The van der Waals surface area contributed by atoms with Crippen LogP contribution in [0.2, 0.25) is 10.0 Å². The Morgan fingerprint density at radius 3 is 2.25 bits per heavy atom. The van der Waals surface area contributed by atoms with E-state index in [1.807, 2.05) is 13.8 Å². The van der Waals surface area contributed by atoms with Gasteiger partial charge in [-0.05, 0) is 50.1 Å². The molecule has 194 valence electrons. The van der Waals surface area contributed by atoms with Crippen LogP contribution in [0.15, 0.2) is 35.9 Å². The fourth-order valence-corrected chi connectivity index (χ4v) is 4.73. The highest BCUT2D eigenvalue weighted by atomic mass is 35.5. The molecule has 1 heterocycles. The second kappa shape index (κ2) is 11.9. The van der Waals surface area contributed by atoms with E-state index in [-0.39, 0.29) is 39.6 Å². The predicted octanol–water partition coefficient (Wildman–Crippen LogP) is 5.26. The Balaban J connectivity index is 2.19. The number of carbonyl (C=O) groups is 2. The van der Waals surface area contributed by atoms with E-state index in [1.54, 1.807) is 25.3 Å². The van der Waals surface area contributed by atoms with E-state index in [0.29, 0.717) is 30.1 Å². The van der Waals surface area contributed by atoms with E-state index in [2.05, 4.69) is 0 Å². The zero-order valence-electron chi connectivity index (χ0n) is 20.8. The van der Waals surface area contributed by atoms with Gasteiger partial charge in [-0.25, -0.2) is 0 Å². The first-order valence-corrected chi connectivity index (χ1v) is 12.1. The minimum Gasteiger partial charge on any atom is -0.507 e. The fraction of sp³-hybridized carbons (Fsp3) is 0.385. The van der Waals surface area contributed by atoms with Gasteiger partial charge in [0.1, 0.15) is 5.76 Å². The summed E-state index contributed by atoms with van der Waals surface area (Å²) in [5.74, 6) is -0.776. The quantitative estimate of drug-likeness (QED) is 0.191. The van der Waals surface area contributed by atoms with Crippen LogP contribution in [-0.4, -0.2) is 62.3 Å². The van der Waals surface area contributed by atoms with Crippen molar-refractivity contribution >= 4 is 40.7 Å². The van der Waals surface area contributed by atoms with Crippen molar-refractivity contribution in [3.63, 3.8) is 0 Å². The summed E-state index contributed by atoms with van der Waals surface area (Å²) in [7, 11) is 4.47. The van der Waals surface area contributed by atoms with E-state index in [1.165, 1.54) is 31.3 Å². The lowest BCUT2D eigenvalue weighted by atomic mass is 9.95. The molecular formula is C26H29Cl2NO7. The molecule has 8 nitrogen and oxygen atoms in total. The zero-order valence-corrected chi connectivity index (χ0v) is 22.3. The monoisotopic (exact) mass is 537 g/mol. The summed E-state index contributed by atoms with van der Waals surface area (Å²) in [6.45, 7) is 4.41. The first-order valence-electron chi connectivity index (χ1n) is 11.3. The molecule has 1 N–H and O–H groups in total. The third kappa shape index (κ3) is 5.56. The Kier molecular flexibility index (Phi) is 9.11. The van der Waals surface area contributed by atoms with Gasteiger partial charge in [0.25, 0.3) is 11.7 Å². The first-order chi connectivity index (χ1) is 17.1. The molecule has 2 aromatic rings. The summed E-state index contributed by atoms with van der Waals surface area (Å²) in [4.78, 5) is 27.7. The number of likely N-dealkylation sites (tertiary alicyclic amines) is 1. The zero-order chi connectivity index (χ0) is 26.6. The lowest BCUT2D eigenvalue weighted by molar-refractivity contribution is -0.140. The van der Waals surface area contributed by atoms with Crippen molar-refractivity contribution in [1.29, 1.82) is 0 Å². The van der Waals surface area contributed by atoms with E-state index >= 15 is 0 Å². The average Bonchev–Trinajstić information content (AvgIpc) is 3.08. The van der Waals surface area contributed by atoms with Gasteiger partial charge in [-0.3, -0.25) is 9.59 Å². The molecule has 0 saturated carbocycles. The Labute approximate surface area is 220 Å². The topological polar surface area (TPSA) is 94.5 Å². The lowest BCUT2D eigenvalue weighted by Crippen LogP contribution is -2.31. The van der Waals surface area contributed by atoms with E-state index in [9.17, 15) is 14.7 Å². The highest BCUT2D eigenvalue weighted by Crippen LogP contribution is 2.43. The highest BCUT2D eigenvalue weighted by Gasteiger charge is 2.46. The third-order valence-corrected chi connectivity index (χ3v) is 6.19. The number of halogens is 2. The van der Waals surface area contributed by atoms with Crippen LogP contribution in [0, 0.1) is 0 Å². The van der Waals surface area contributed by atoms with Gasteiger partial charge in [-0.2, -0.15) is 0 Å². The van der Waals surface area contributed by atoms with Crippen molar-refractivity contribution in [3.8, 4) is 17.2 Å². The summed E-state index contributed by atoms with van der Waals surface area (Å²) in [5.41, 5.74) is 0.651. The standard InChI is InChI=1S/C26H29Cl2NO7/c1-14(2)36-19-8-7-15(13-20(19)34-4)22-21(24(31)26(32)29(22)9-6-10-33-3)23(30)16-11-17(27)25(35-5)18(28)12-16/h7-8,11-14,22,30H,6,9-10H2,1-5H3/b23-21+. The van der Waals surface area contributed by atoms with Crippen LogP contribution in [0.1, 0.15) is 37.4 Å². The smallest absolute Gasteiger partial charge is 0.295 e. The van der Waals surface area contributed by atoms with Gasteiger partial charge < -0.3 is 29.0 Å². The van der Waals surface area contributed by atoms with Crippen LogP contribution < -0.4 is 14.2 Å². The minimum absolute atomic E-state index is 0.0886. The number of benzene rings is 2. The van der Waals surface area contributed by atoms with Crippen LogP contribution in [0.5, 0.6) is 17.2 Å². The Morgan fingerprint density at radius 2 is 1.69 bits per heavy atom. The molecule has 0 aliphatic carbocycles. The lowest BCUT2D eigenvalue weighted by Gasteiger charge is -2.26. The summed E-state index contributed by atoms with van der Waals surface area (Å²) >= 11 is 12.5. The molecule has 1 fully saturated rings. The number of methoxy groups -OCH3 is 3. The number of carbonyl (C=O) groups excluding carboxylic acids is 2. The van der Waals surface area contributed by atoms with Crippen molar-refractivity contribution in [1.82, 2.24) is 4.90 Å². The molecule has 1 unspecified atom stereocenters. The number of hydrogen-bond donors (Lipinski definition) is 1. The van der Waals surface area contributed by atoms with Crippen molar-refractivity contribution in [2.45, 2.75) is 32.4 Å². The van der Waals surface area contributed by atoms with Crippen LogP contribution in [0.3, 0.4) is 0 Å². The molecule has 0 spiro atoms. The third-order valence-electron chi connectivity index (χ3n) is 5.63. The van der Waals surface area contributed by atoms with Crippen molar-refractivity contribution < 1.29 is 33.6 Å². The molecule has 0 radical (unpaired) electrons. The molecule has 1 amide bonds. The molecular weight excluding hydrogens is 509 g/mol. The summed E-state index contributed by atoms with van der Waals surface area (Å²) in [6.07, 6.45) is 0.403. The molecule has 1 aliphatic heterocycles. The van der Waals surface area contributed by atoms with Gasteiger partial charge in [0.2, 0.25) is 0 Å². The number of aliphatic hydroxyl groups excluding tert-OH is 1. The predicted molar refractivity (Wildman–Crippen MR) is 137 cm³/mol. The Hall–Kier alpha value is -2.94. The van der Waals surface area contributed by atoms with Gasteiger partial charge in [-0.1, -0.05) is 29.3 Å². The van der Waals surface area contributed by atoms with Gasteiger partial charge in [-0.15, -0.1) is 0 Å². The fourth-order valence-electron chi connectivity index (χ4n) is 4.09. The molecule has 0 bridgehead atoms. The van der Waals surface area contributed by atoms with Gasteiger partial charge in [0, 0.05) is 25.8 Å². The van der Waals surface area contributed by atoms with Crippen LogP contribution in [0.4, 0.5) is 0 Å². The number of aliphatic hydroxyl groups is 1. The number of ketones is 1. The minimum atomic E-state index is -0.886. The summed E-state index contributed by atoms with van der Waals surface area (Å²) in [6, 6.07) is 7.11. The number of ether oxygens (including phenoxy) is 4. The molecule has 36 heavy (non-hydrogen) atoms. The van der Waals surface area contributed by atoms with Crippen molar-refractivity contribution in [3.05, 3.63) is 57.1 Å². The molecule has 3 rings (SSSR count). The van der Waals surface area contributed by atoms with Crippen LogP contribution in [-0.2, 0) is 14.3 Å². The number of rotatable bonds is 10. The Morgan fingerprint density at radius 1 is 1.03 bits per heavy atom. The van der Waals surface area contributed by atoms with E-state index < -0.39 is 23.5 Å². The number of amides is 1. The van der Waals surface area contributed by atoms with Gasteiger partial charge in [0.05, 0.1) is 42.0 Å². The van der Waals surface area contributed by atoms with Crippen LogP contribution in [0.25, 0.3) is 5.76 Å². The average molecular weight is 538 g/mol. The maximum absolute atomic E-state index is 13.2. The Bertz CT molecular complexity index is 1160. The van der Waals surface area contributed by atoms with Gasteiger partial charge >= 0.3 is 0 Å². The molecule has 2 aromatic carbocycles. The van der Waals surface area contributed by atoms with Gasteiger partial charge in [0.15, 0.2) is 17.2 Å². The normalized spacial score (nSPS) is 17.1. The van der Waals surface area contributed by atoms with Crippen molar-refractivity contribution in [2.75, 3.05) is 34.5 Å². The molecule has 1 aliphatic rings. The summed E-state index contributed by atoms with van der Waals surface area (Å²) in [5, 5.41) is 11.6. The van der Waals surface area contributed by atoms with E-state index in [0.717, 1.165) is 0 Å². The van der Waals surface area contributed by atoms with Crippen molar-refractivity contribution in [2.24, 2.45) is 0 Å². The second-order valence-electron chi connectivity index (χ2n) is 8.39. The number of hydrogen-bond acceptors (Lipinski definition) is 7. The molecule has 10 heteroatoms. The van der Waals surface area contributed by atoms with E-state index in [4.69, 9.17) is 42.1 Å². The molecule has 0 aromatic heterocycles. The highest BCUT2D eigenvalue weighted by molar-refractivity contribution is 6.46. The molecule has 1 atom stereocenters. The SMILES string of the molecule is COCCCN1C(=O)C(=O)/C(=C(/O)c2cc(Cl)c(OC)c(Cl)c2)C1c1ccc(OC(C)C)c(OC)c1. The number of Topliss-reactive ketones (excluding diaryl/α,β-unsaturated/α-hetero) is 1. The maximum Gasteiger partial charge on any atom is 0.295 e. The summed E-state index contributed by atoms with van der Waals surface area (Å²) < 4.78 is 21.6. The molecule has 1 saturated heterocycles. The maximum atomic E-state index is 13.2. The second-order valence-corrected chi connectivity index (χ2v) is 9.20. The number of nitrogens with zero attached hydrogens (tertiary/aromatic N) is 1. The first kappa shape index (κ1) is 27.6. The largest absolute Gasteiger partial charge is 0.507 e. The van der Waals surface area contributed by atoms with Crippen LogP contribution >= 0.6 is 23.2 Å².